The molecule has 0 spiro atoms. The van der Waals surface area contributed by atoms with Crippen molar-refractivity contribution in [1.29, 1.82) is 0 Å². The normalized spacial score (nSPS) is 11.1. The smallest absolute Gasteiger partial charge is 0.193 e. The fraction of sp³-hybridized carbons (Fsp3) is 0.0625. The van der Waals surface area contributed by atoms with E-state index in [0.717, 1.165) is 22.3 Å². The molecule has 0 saturated carbocycles. The standard InChI is InChI=1S/C32H22O6/c1-35-23-11-13-25-27(33)17-29(37-31(25)15-23)21-7-3-19(4-8-21)20-5-9-22(10-6-20)30-18-28(34)26-14-12-24(36-2)16-32(26)38-30/h3-18H,1-2H3. The zero-order chi connectivity index (χ0) is 26.2. The van der Waals surface area contributed by atoms with E-state index in [0.29, 0.717) is 45.0 Å². The Balaban J connectivity index is 1.29. The molecule has 0 unspecified atom stereocenters. The molecule has 0 N–H and O–H groups in total. The van der Waals surface area contributed by atoms with Gasteiger partial charge in [0.15, 0.2) is 10.9 Å². The van der Waals surface area contributed by atoms with Crippen molar-refractivity contribution < 1.29 is 18.3 Å². The number of rotatable bonds is 5. The Bertz CT molecular complexity index is 1770. The third kappa shape index (κ3) is 4.22. The SMILES string of the molecule is COc1ccc2c(=O)cc(-c3ccc(-c4ccc(-c5cc(=O)c6ccc(OC)cc6o5)cc4)cc3)oc2c1. The molecule has 6 heteroatoms. The van der Waals surface area contributed by atoms with Crippen molar-refractivity contribution in [1.82, 2.24) is 0 Å². The lowest BCUT2D eigenvalue weighted by atomic mass is 10.0. The highest BCUT2D eigenvalue weighted by Crippen LogP contribution is 2.30. The van der Waals surface area contributed by atoms with E-state index >= 15 is 0 Å². The van der Waals surface area contributed by atoms with Gasteiger partial charge in [-0.3, -0.25) is 9.59 Å². The maximum atomic E-state index is 12.6. The third-order valence-electron chi connectivity index (χ3n) is 6.54. The predicted molar refractivity (Wildman–Crippen MR) is 148 cm³/mol. The Morgan fingerprint density at radius 3 is 1.21 bits per heavy atom. The quantitative estimate of drug-likeness (QED) is 0.255. The minimum absolute atomic E-state index is 0.109. The molecule has 186 valence electrons. The second-order valence-corrected chi connectivity index (χ2v) is 8.83. The van der Waals surface area contributed by atoms with Crippen LogP contribution in [0.3, 0.4) is 0 Å². The number of ether oxygens (including phenoxy) is 2. The van der Waals surface area contributed by atoms with Crippen LogP contribution in [0, 0.1) is 0 Å². The largest absolute Gasteiger partial charge is 0.497 e. The molecule has 0 aliphatic carbocycles. The Kier molecular flexibility index (Phi) is 5.77. The van der Waals surface area contributed by atoms with Crippen molar-refractivity contribution in [3.05, 3.63) is 118 Å². The van der Waals surface area contributed by atoms with E-state index in [1.165, 1.54) is 12.1 Å². The number of hydrogen-bond donors (Lipinski definition) is 0. The first kappa shape index (κ1) is 23.3. The average Bonchev–Trinajstić information content (AvgIpc) is 2.96. The van der Waals surface area contributed by atoms with Crippen LogP contribution in [0.5, 0.6) is 11.5 Å². The summed E-state index contributed by atoms with van der Waals surface area (Å²) in [5.41, 5.74) is 4.31. The molecular formula is C32H22O6. The maximum absolute atomic E-state index is 12.6. The lowest BCUT2D eigenvalue weighted by Gasteiger charge is -2.08. The number of methoxy groups -OCH3 is 2. The van der Waals surface area contributed by atoms with E-state index in [1.54, 1.807) is 50.6 Å². The van der Waals surface area contributed by atoms with Crippen molar-refractivity contribution >= 4 is 21.9 Å². The van der Waals surface area contributed by atoms with Crippen LogP contribution in [0.4, 0.5) is 0 Å². The van der Waals surface area contributed by atoms with E-state index in [-0.39, 0.29) is 10.9 Å². The zero-order valence-electron chi connectivity index (χ0n) is 20.7. The molecule has 6 aromatic rings. The lowest BCUT2D eigenvalue weighted by Crippen LogP contribution is -2.00. The Hall–Kier alpha value is -5.10. The van der Waals surface area contributed by atoms with Crippen LogP contribution in [0.1, 0.15) is 0 Å². The van der Waals surface area contributed by atoms with Crippen LogP contribution in [-0.2, 0) is 0 Å². The Morgan fingerprint density at radius 1 is 0.474 bits per heavy atom. The van der Waals surface area contributed by atoms with Crippen LogP contribution in [0.15, 0.2) is 115 Å². The summed E-state index contributed by atoms with van der Waals surface area (Å²) < 4.78 is 22.5. The molecule has 6 nitrogen and oxygen atoms in total. The molecule has 0 aliphatic rings. The van der Waals surface area contributed by atoms with E-state index in [9.17, 15) is 9.59 Å². The first-order valence-electron chi connectivity index (χ1n) is 12.0. The van der Waals surface area contributed by atoms with Crippen molar-refractivity contribution in [2.75, 3.05) is 14.2 Å². The third-order valence-corrected chi connectivity index (χ3v) is 6.54. The fourth-order valence-corrected chi connectivity index (χ4v) is 4.46. The average molecular weight is 503 g/mol. The molecule has 6 rings (SSSR count). The molecule has 4 aromatic carbocycles. The van der Waals surface area contributed by atoms with Crippen molar-refractivity contribution in [3.63, 3.8) is 0 Å². The lowest BCUT2D eigenvalue weighted by molar-refractivity contribution is 0.414. The molecule has 38 heavy (non-hydrogen) atoms. The summed E-state index contributed by atoms with van der Waals surface area (Å²) in [7, 11) is 3.15. The van der Waals surface area contributed by atoms with Crippen molar-refractivity contribution in [3.8, 4) is 45.3 Å². The van der Waals surface area contributed by atoms with Crippen molar-refractivity contribution in [2.45, 2.75) is 0 Å². The van der Waals surface area contributed by atoms with E-state index in [4.69, 9.17) is 18.3 Å². The molecule has 2 heterocycles. The summed E-state index contributed by atoms with van der Waals surface area (Å²) in [6.45, 7) is 0. The van der Waals surface area contributed by atoms with Gasteiger partial charge in [0.2, 0.25) is 0 Å². The van der Waals surface area contributed by atoms with Crippen molar-refractivity contribution in [2.24, 2.45) is 0 Å². The molecule has 0 saturated heterocycles. The molecule has 0 radical (unpaired) electrons. The van der Waals surface area contributed by atoms with Gasteiger partial charge in [-0.25, -0.2) is 0 Å². The van der Waals surface area contributed by atoms with Crippen LogP contribution in [-0.4, -0.2) is 14.2 Å². The van der Waals surface area contributed by atoms with Gasteiger partial charge < -0.3 is 18.3 Å². The second kappa shape index (κ2) is 9.41. The van der Waals surface area contributed by atoms with E-state index in [1.807, 2.05) is 48.5 Å². The number of benzene rings is 4. The summed E-state index contributed by atoms with van der Waals surface area (Å²) >= 11 is 0. The van der Waals surface area contributed by atoms with E-state index < -0.39 is 0 Å². The van der Waals surface area contributed by atoms with Gasteiger partial charge in [0.25, 0.3) is 0 Å². The highest BCUT2D eigenvalue weighted by molar-refractivity contribution is 5.81. The Labute approximate surface area is 217 Å². The van der Waals surface area contributed by atoms with Crippen LogP contribution < -0.4 is 20.3 Å². The number of hydrogen-bond acceptors (Lipinski definition) is 6. The highest BCUT2D eigenvalue weighted by atomic mass is 16.5. The van der Waals surface area contributed by atoms with Gasteiger partial charge in [-0.15, -0.1) is 0 Å². The molecule has 0 atom stereocenters. The fourth-order valence-electron chi connectivity index (χ4n) is 4.46. The first-order valence-corrected chi connectivity index (χ1v) is 12.0. The number of fused-ring (bicyclic) bond motifs is 2. The maximum Gasteiger partial charge on any atom is 0.193 e. The monoisotopic (exact) mass is 502 g/mol. The van der Waals surface area contributed by atoms with E-state index in [2.05, 4.69) is 0 Å². The van der Waals surface area contributed by atoms with Gasteiger partial charge in [0.05, 0.1) is 25.0 Å². The highest BCUT2D eigenvalue weighted by Gasteiger charge is 2.11. The predicted octanol–water partition coefficient (Wildman–Crippen LogP) is 6.92. The summed E-state index contributed by atoms with van der Waals surface area (Å²) in [5, 5.41) is 1.01. The molecular weight excluding hydrogens is 480 g/mol. The summed E-state index contributed by atoms with van der Waals surface area (Å²) in [6, 6.07) is 28.9. The van der Waals surface area contributed by atoms with Gasteiger partial charge in [-0.2, -0.15) is 0 Å². The van der Waals surface area contributed by atoms with Gasteiger partial charge in [-0.05, 0) is 35.4 Å². The minimum atomic E-state index is -0.109. The second-order valence-electron chi connectivity index (χ2n) is 8.83. The van der Waals surface area contributed by atoms with Crippen LogP contribution >= 0.6 is 0 Å². The molecule has 0 fully saturated rings. The minimum Gasteiger partial charge on any atom is -0.497 e. The summed E-state index contributed by atoms with van der Waals surface area (Å²) in [5.74, 6) is 2.22. The molecule has 0 bridgehead atoms. The molecule has 0 amide bonds. The van der Waals surface area contributed by atoms with Crippen LogP contribution in [0.25, 0.3) is 55.7 Å². The van der Waals surface area contributed by atoms with Gasteiger partial charge in [0, 0.05) is 35.4 Å². The topological polar surface area (TPSA) is 78.9 Å². The first-order chi connectivity index (χ1) is 18.5. The molecule has 0 aliphatic heterocycles. The Morgan fingerprint density at radius 2 is 0.842 bits per heavy atom. The van der Waals surface area contributed by atoms with Gasteiger partial charge >= 0.3 is 0 Å². The van der Waals surface area contributed by atoms with Gasteiger partial charge in [-0.1, -0.05) is 48.5 Å². The summed E-state index contributed by atoms with van der Waals surface area (Å²) in [4.78, 5) is 25.2. The summed E-state index contributed by atoms with van der Waals surface area (Å²) in [6.07, 6.45) is 0. The van der Waals surface area contributed by atoms with Gasteiger partial charge in [0.1, 0.15) is 34.2 Å². The molecule has 2 aromatic heterocycles. The zero-order valence-corrected chi connectivity index (χ0v) is 20.7. The van der Waals surface area contributed by atoms with Crippen LogP contribution in [0.2, 0.25) is 0 Å².